The topological polar surface area (TPSA) is 88.1 Å². The molecule has 4 rings (SSSR count). The molecule has 34 heavy (non-hydrogen) atoms. The molecule has 0 spiro atoms. The monoisotopic (exact) mass is 541 g/mol. The van der Waals surface area contributed by atoms with Gasteiger partial charge in [-0.3, -0.25) is 4.72 Å². The third-order valence-electron chi connectivity index (χ3n) is 4.54. The molecule has 176 valence electrons. The van der Waals surface area contributed by atoms with Gasteiger partial charge >= 0.3 is 0 Å². The van der Waals surface area contributed by atoms with E-state index in [1.54, 1.807) is 23.1 Å². The molecular formula is C21H15Cl2F2N5O2S2. The number of benzene rings is 2. The van der Waals surface area contributed by atoms with Crippen molar-refractivity contribution in [1.29, 1.82) is 0 Å². The lowest BCUT2D eigenvalue weighted by Crippen LogP contribution is -2.15. The van der Waals surface area contributed by atoms with Crippen LogP contribution in [0.25, 0.3) is 21.8 Å². The molecule has 0 aliphatic heterocycles. The van der Waals surface area contributed by atoms with Crippen LogP contribution < -0.4 is 9.62 Å². The van der Waals surface area contributed by atoms with E-state index in [-0.39, 0.29) is 16.0 Å². The molecule has 4 aromatic rings. The average molecular weight is 542 g/mol. The number of anilines is 2. The van der Waals surface area contributed by atoms with Crippen LogP contribution in [0, 0.1) is 11.6 Å². The maximum atomic E-state index is 14.1. The highest BCUT2D eigenvalue weighted by Crippen LogP contribution is 2.43. The van der Waals surface area contributed by atoms with Gasteiger partial charge in [-0.25, -0.2) is 32.2 Å². The summed E-state index contributed by atoms with van der Waals surface area (Å²) in [4.78, 5) is 14.4. The van der Waals surface area contributed by atoms with Crippen molar-refractivity contribution in [3.63, 3.8) is 0 Å². The van der Waals surface area contributed by atoms with Crippen LogP contribution in [0.1, 0.15) is 0 Å². The number of sulfonamides is 1. The van der Waals surface area contributed by atoms with E-state index in [1.807, 2.05) is 14.1 Å². The molecule has 13 heteroatoms. The molecular weight excluding hydrogens is 527 g/mol. The Hall–Kier alpha value is -2.86. The van der Waals surface area contributed by atoms with Crippen molar-refractivity contribution in [2.24, 2.45) is 0 Å². The second-order valence-corrected chi connectivity index (χ2v) is 10.5. The Morgan fingerprint density at radius 1 is 1.06 bits per heavy atom. The van der Waals surface area contributed by atoms with Crippen molar-refractivity contribution in [2.75, 3.05) is 23.7 Å². The SMILES string of the molecule is CN(C)c1nc(-c2cccc(NS(=O)(=O)c3cc(F)ccc3F)c2Cl)c(-c2ccnc(Cl)n2)s1. The second kappa shape index (κ2) is 9.41. The Kier molecular flexibility index (Phi) is 6.72. The summed E-state index contributed by atoms with van der Waals surface area (Å²) in [6.45, 7) is 0. The Bertz CT molecular complexity index is 1500. The Morgan fingerprint density at radius 2 is 1.82 bits per heavy atom. The summed E-state index contributed by atoms with van der Waals surface area (Å²) in [7, 11) is -0.841. The normalized spacial score (nSPS) is 11.5. The Balaban J connectivity index is 1.82. The van der Waals surface area contributed by atoms with Crippen molar-refractivity contribution in [3.8, 4) is 21.8 Å². The van der Waals surface area contributed by atoms with Gasteiger partial charge < -0.3 is 4.90 Å². The van der Waals surface area contributed by atoms with Crippen molar-refractivity contribution in [2.45, 2.75) is 4.90 Å². The first-order valence-electron chi connectivity index (χ1n) is 9.50. The molecule has 0 radical (unpaired) electrons. The van der Waals surface area contributed by atoms with Crippen LogP contribution >= 0.6 is 34.5 Å². The zero-order chi connectivity index (χ0) is 24.6. The first-order chi connectivity index (χ1) is 16.1. The van der Waals surface area contributed by atoms with Gasteiger partial charge in [-0.15, -0.1) is 0 Å². The van der Waals surface area contributed by atoms with E-state index in [1.165, 1.54) is 23.6 Å². The highest BCUT2D eigenvalue weighted by Gasteiger charge is 2.24. The van der Waals surface area contributed by atoms with Gasteiger partial charge in [0.1, 0.15) is 16.5 Å². The van der Waals surface area contributed by atoms with Crippen LogP contribution in [-0.2, 0) is 10.0 Å². The van der Waals surface area contributed by atoms with E-state index < -0.39 is 26.6 Å². The zero-order valence-corrected chi connectivity index (χ0v) is 20.7. The molecule has 2 aromatic heterocycles. The third-order valence-corrected chi connectivity index (χ3v) is 7.75. The first-order valence-corrected chi connectivity index (χ1v) is 12.6. The minimum absolute atomic E-state index is 0.0138. The Labute approximate surface area is 208 Å². The van der Waals surface area contributed by atoms with E-state index >= 15 is 0 Å². The van der Waals surface area contributed by atoms with Gasteiger partial charge in [0, 0.05) is 25.9 Å². The lowest BCUT2D eigenvalue weighted by atomic mass is 10.1. The predicted octanol–water partition coefficient (Wildman–Crippen LogP) is 5.72. The summed E-state index contributed by atoms with van der Waals surface area (Å²) in [5, 5.41) is 0.705. The highest BCUT2D eigenvalue weighted by molar-refractivity contribution is 7.92. The quantitative estimate of drug-likeness (QED) is 0.314. The molecule has 2 aromatic carbocycles. The van der Waals surface area contributed by atoms with Crippen molar-refractivity contribution < 1.29 is 17.2 Å². The molecule has 0 bridgehead atoms. The van der Waals surface area contributed by atoms with Crippen LogP contribution in [0.3, 0.4) is 0 Å². The molecule has 0 saturated carbocycles. The highest BCUT2D eigenvalue weighted by atomic mass is 35.5. The lowest BCUT2D eigenvalue weighted by molar-refractivity contribution is 0.555. The van der Waals surface area contributed by atoms with Gasteiger partial charge in [0.05, 0.1) is 27.0 Å². The fourth-order valence-corrected chi connectivity index (χ4v) is 5.60. The fraction of sp³-hybridized carbons (Fsp3) is 0.0952. The van der Waals surface area contributed by atoms with Gasteiger partial charge in [-0.05, 0) is 41.9 Å². The summed E-state index contributed by atoms with van der Waals surface area (Å²) in [6, 6.07) is 8.44. The van der Waals surface area contributed by atoms with Gasteiger partial charge in [0.2, 0.25) is 5.28 Å². The number of hydrogen-bond acceptors (Lipinski definition) is 7. The lowest BCUT2D eigenvalue weighted by Gasteiger charge is -2.13. The predicted molar refractivity (Wildman–Crippen MR) is 130 cm³/mol. The number of nitrogens with zero attached hydrogens (tertiary/aromatic N) is 4. The summed E-state index contributed by atoms with van der Waals surface area (Å²) < 4.78 is 55.4. The zero-order valence-electron chi connectivity index (χ0n) is 17.6. The standard InChI is InChI=1S/C21H15Cl2F2N5O2S2/c1-30(2)21-28-18(19(33-21)15-8-9-26-20(23)27-15)12-4-3-5-14(17(12)22)29-34(31,32)16-10-11(24)6-7-13(16)25/h3-10,29H,1-2H3. The number of rotatable bonds is 6. The molecule has 1 N–H and O–H groups in total. The second-order valence-electron chi connectivity index (χ2n) is 7.13. The van der Waals surface area contributed by atoms with Gasteiger partial charge in [0.15, 0.2) is 5.13 Å². The first kappa shape index (κ1) is 24.3. The maximum absolute atomic E-state index is 14.1. The van der Waals surface area contributed by atoms with E-state index in [2.05, 4.69) is 19.7 Å². The molecule has 0 atom stereocenters. The number of hydrogen-bond donors (Lipinski definition) is 1. The molecule has 0 aliphatic rings. The molecule has 0 aliphatic carbocycles. The van der Waals surface area contributed by atoms with Crippen molar-refractivity contribution >= 4 is 55.4 Å². The van der Waals surface area contributed by atoms with Crippen LogP contribution in [0.4, 0.5) is 19.6 Å². The molecule has 2 heterocycles. The number of aromatic nitrogens is 3. The third kappa shape index (κ3) is 4.83. The number of halogens is 4. The van der Waals surface area contributed by atoms with Crippen LogP contribution in [0.15, 0.2) is 53.6 Å². The summed E-state index contributed by atoms with van der Waals surface area (Å²) in [5.41, 5.74) is 1.31. The minimum atomic E-state index is -4.48. The van der Waals surface area contributed by atoms with Crippen LogP contribution in [0.5, 0.6) is 0 Å². The van der Waals surface area contributed by atoms with Crippen LogP contribution in [0.2, 0.25) is 10.3 Å². The smallest absolute Gasteiger partial charge is 0.264 e. The van der Waals surface area contributed by atoms with E-state index in [4.69, 9.17) is 23.2 Å². The number of thiazole rings is 1. The number of nitrogens with one attached hydrogen (secondary N) is 1. The molecule has 0 unspecified atom stereocenters. The van der Waals surface area contributed by atoms with E-state index in [0.29, 0.717) is 33.0 Å². The van der Waals surface area contributed by atoms with Crippen molar-refractivity contribution in [3.05, 3.63) is 70.6 Å². The van der Waals surface area contributed by atoms with E-state index in [9.17, 15) is 17.2 Å². The Morgan fingerprint density at radius 3 is 2.53 bits per heavy atom. The molecule has 0 fully saturated rings. The molecule has 7 nitrogen and oxygen atoms in total. The summed E-state index contributed by atoms with van der Waals surface area (Å²) >= 11 is 13.9. The molecule has 0 saturated heterocycles. The molecule has 0 amide bonds. The van der Waals surface area contributed by atoms with E-state index in [0.717, 1.165) is 12.1 Å². The average Bonchev–Trinajstić information content (AvgIpc) is 3.22. The summed E-state index contributed by atoms with van der Waals surface area (Å²) in [6.07, 6.45) is 1.50. The maximum Gasteiger partial charge on any atom is 0.264 e. The van der Waals surface area contributed by atoms with Crippen LogP contribution in [-0.4, -0.2) is 37.5 Å². The van der Waals surface area contributed by atoms with Gasteiger partial charge in [-0.2, -0.15) is 0 Å². The fourth-order valence-electron chi connectivity index (χ4n) is 2.99. The largest absolute Gasteiger partial charge is 0.354 e. The van der Waals surface area contributed by atoms with Gasteiger partial charge in [0.25, 0.3) is 10.0 Å². The van der Waals surface area contributed by atoms with Crippen molar-refractivity contribution in [1.82, 2.24) is 15.0 Å². The van der Waals surface area contributed by atoms with Gasteiger partial charge in [-0.1, -0.05) is 35.1 Å². The minimum Gasteiger partial charge on any atom is -0.354 e. The summed E-state index contributed by atoms with van der Waals surface area (Å²) in [5.74, 6) is -1.99.